The highest BCUT2D eigenvalue weighted by Gasteiger charge is 2.26. The quantitative estimate of drug-likeness (QED) is 0.888. The van der Waals surface area contributed by atoms with E-state index < -0.39 is 0 Å². The predicted octanol–water partition coefficient (Wildman–Crippen LogP) is 2.54. The zero-order valence-electron chi connectivity index (χ0n) is 12.0. The number of hydrogen-bond donors (Lipinski definition) is 1. The Morgan fingerprint density at radius 1 is 1.32 bits per heavy atom. The third-order valence-electron chi connectivity index (χ3n) is 4.12. The summed E-state index contributed by atoms with van der Waals surface area (Å²) in [5, 5.41) is 9.59. The van der Waals surface area contributed by atoms with Crippen LogP contribution >= 0.6 is 0 Å². The minimum atomic E-state index is -0.265. The molecule has 0 bridgehead atoms. The average Bonchev–Trinajstić information content (AvgIpc) is 2.38. The second kappa shape index (κ2) is 5.74. The molecular weight excluding hydrogens is 238 g/mol. The molecule has 1 saturated heterocycles. The lowest BCUT2D eigenvalue weighted by molar-refractivity contribution is 0.0521. The Bertz CT molecular complexity index is 460. The van der Waals surface area contributed by atoms with E-state index in [-0.39, 0.29) is 12.0 Å². The molecule has 1 aliphatic rings. The molecule has 1 N–H and O–H groups in total. The number of hydrogen-bond acceptors (Lipinski definition) is 2. The third kappa shape index (κ3) is 3.16. The zero-order chi connectivity index (χ0) is 14.0. The minimum Gasteiger partial charge on any atom is -0.393 e. The number of carbonyl (C=O) groups is 1. The summed E-state index contributed by atoms with van der Waals surface area (Å²) in [5.74, 6) is 0.463. The topological polar surface area (TPSA) is 40.5 Å². The molecule has 1 unspecified atom stereocenters. The van der Waals surface area contributed by atoms with Crippen LogP contribution in [0.1, 0.15) is 41.3 Å². The van der Waals surface area contributed by atoms with E-state index >= 15 is 0 Å². The van der Waals surface area contributed by atoms with Crippen LogP contribution in [0.25, 0.3) is 0 Å². The molecule has 1 aromatic rings. The van der Waals surface area contributed by atoms with E-state index in [1.165, 1.54) is 5.56 Å². The van der Waals surface area contributed by atoms with Gasteiger partial charge in [-0.2, -0.15) is 0 Å². The first-order valence-corrected chi connectivity index (χ1v) is 7.03. The van der Waals surface area contributed by atoms with E-state index in [1.54, 1.807) is 0 Å². The van der Waals surface area contributed by atoms with Gasteiger partial charge in [-0.1, -0.05) is 17.7 Å². The van der Waals surface area contributed by atoms with Crippen molar-refractivity contribution in [2.75, 3.05) is 13.1 Å². The van der Waals surface area contributed by atoms with Gasteiger partial charge in [0.15, 0.2) is 0 Å². The molecule has 1 fully saturated rings. The molecule has 0 saturated carbocycles. The Labute approximate surface area is 115 Å². The van der Waals surface area contributed by atoms with Gasteiger partial charge in [-0.05, 0) is 51.2 Å². The van der Waals surface area contributed by atoms with Gasteiger partial charge in [0.1, 0.15) is 0 Å². The molecule has 0 spiro atoms. The van der Waals surface area contributed by atoms with Crippen LogP contribution in [0.2, 0.25) is 0 Å². The van der Waals surface area contributed by atoms with Crippen LogP contribution in [0.15, 0.2) is 18.2 Å². The molecular formula is C16H23NO2. The highest BCUT2D eigenvalue weighted by atomic mass is 16.3. The summed E-state index contributed by atoms with van der Waals surface area (Å²) in [6.07, 6.45) is 1.53. The first kappa shape index (κ1) is 14.1. The van der Waals surface area contributed by atoms with Gasteiger partial charge in [-0.25, -0.2) is 0 Å². The van der Waals surface area contributed by atoms with E-state index in [9.17, 15) is 9.90 Å². The molecule has 3 nitrogen and oxygen atoms in total. The van der Waals surface area contributed by atoms with Crippen molar-refractivity contribution in [1.82, 2.24) is 4.90 Å². The van der Waals surface area contributed by atoms with E-state index in [1.807, 2.05) is 37.8 Å². The number of benzene rings is 1. The maximum atomic E-state index is 12.5. The summed E-state index contributed by atoms with van der Waals surface area (Å²) < 4.78 is 0. The van der Waals surface area contributed by atoms with Crippen molar-refractivity contribution in [3.05, 3.63) is 34.9 Å². The number of nitrogens with zero attached hydrogens (tertiary/aromatic N) is 1. The first-order valence-electron chi connectivity index (χ1n) is 7.03. The van der Waals surface area contributed by atoms with Crippen LogP contribution in [-0.2, 0) is 0 Å². The molecule has 19 heavy (non-hydrogen) atoms. The van der Waals surface area contributed by atoms with Crippen LogP contribution in [0.4, 0.5) is 0 Å². The van der Waals surface area contributed by atoms with Crippen molar-refractivity contribution in [3.8, 4) is 0 Å². The van der Waals surface area contributed by atoms with Gasteiger partial charge in [0.05, 0.1) is 6.10 Å². The first-order chi connectivity index (χ1) is 8.99. The smallest absolute Gasteiger partial charge is 0.254 e. The Morgan fingerprint density at radius 3 is 2.47 bits per heavy atom. The molecule has 1 atom stereocenters. The van der Waals surface area contributed by atoms with Crippen molar-refractivity contribution >= 4 is 5.91 Å². The van der Waals surface area contributed by atoms with Gasteiger partial charge in [0, 0.05) is 18.7 Å². The second-order valence-corrected chi connectivity index (χ2v) is 5.69. The predicted molar refractivity (Wildman–Crippen MR) is 76.2 cm³/mol. The lowest BCUT2D eigenvalue weighted by atomic mass is 9.91. The van der Waals surface area contributed by atoms with Crippen molar-refractivity contribution in [2.45, 2.75) is 39.7 Å². The Hall–Kier alpha value is -1.35. The van der Waals surface area contributed by atoms with Gasteiger partial charge in [0.2, 0.25) is 0 Å². The summed E-state index contributed by atoms with van der Waals surface area (Å²) in [4.78, 5) is 14.4. The summed E-state index contributed by atoms with van der Waals surface area (Å²) in [5.41, 5.74) is 3.03. The van der Waals surface area contributed by atoms with Crippen molar-refractivity contribution in [1.29, 1.82) is 0 Å². The molecule has 1 amide bonds. The van der Waals surface area contributed by atoms with Crippen molar-refractivity contribution in [3.63, 3.8) is 0 Å². The fourth-order valence-electron chi connectivity index (χ4n) is 2.81. The molecule has 1 aromatic carbocycles. The minimum absolute atomic E-state index is 0.126. The standard InChI is InChI=1S/C16H23NO2/c1-11-4-5-15(12(2)10-11)16(19)17-8-6-14(7-9-17)13(3)18/h4-5,10,13-14,18H,6-9H2,1-3H3. The van der Waals surface area contributed by atoms with Crippen LogP contribution < -0.4 is 0 Å². The fourth-order valence-corrected chi connectivity index (χ4v) is 2.81. The summed E-state index contributed by atoms with van der Waals surface area (Å²) in [6, 6.07) is 5.96. The number of amides is 1. The van der Waals surface area contributed by atoms with Gasteiger partial charge in [-0.15, -0.1) is 0 Å². The molecule has 3 heteroatoms. The molecule has 1 heterocycles. The second-order valence-electron chi connectivity index (χ2n) is 5.69. The summed E-state index contributed by atoms with van der Waals surface area (Å²) >= 11 is 0. The SMILES string of the molecule is Cc1ccc(C(=O)N2CCC(C(C)O)CC2)c(C)c1. The highest BCUT2D eigenvalue weighted by molar-refractivity contribution is 5.95. The Kier molecular flexibility index (Phi) is 4.25. The number of rotatable bonds is 2. The van der Waals surface area contributed by atoms with Gasteiger partial charge < -0.3 is 10.0 Å². The maximum absolute atomic E-state index is 12.5. The van der Waals surface area contributed by atoms with E-state index in [2.05, 4.69) is 6.07 Å². The van der Waals surface area contributed by atoms with Crippen molar-refractivity contribution in [2.24, 2.45) is 5.92 Å². The number of likely N-dealkylation sites (tertiary alicyclic amines) is 1. The molecule has 0 radical (unpaired) electrons. The number of piperidine rings is 1. The lowest BCUT2D eigenvalue weighted by Crippen LogP contribution is -2.41. The zero-order valence-corrected chi connectivity index (χ0v) is 12.0. The van der Waals surface area contributed by atoms with Crippen LogP contribution in [0.3, 0.4) is 0 Å². The summed E-state index contributed by atoms with van der Waals surface area (Å²) in [7, 11) is 0. The van der Waals surface area contributed by atoms with Crippen molar-refractivity contribution < 1.29 is 9.90 Å². The molecule has 0 aromatic heterocycles. The Balaban J connectivity index is 2.05. The number of aliphatic hydroxyl groups is 1. The van der Waals surface area contributed by atoms with Crippen LogP contribution in [0.5, 0.6) is 0 Å². The monoisotopic (exact) mass is 261 g/mol. The Morgan fingerprint density at radius 2 is 1.95 bits per heavy atom. The lowest BCUT2D eigenvalue weighted by Gasteiger charge is -2.33. The highest BCUT2D eigenvalue weighted by Crippen LogP contribution is 2.22. The maximum Gasteiger partial charge on any atom is 0.254 e. The molecule has 1 aliphatic heterocycles. The van der Waals surface area contributed by atoms with Crippen LogP contribution in [0, 0.1) is 19.8 Å². The van der Waals surface area contributed by atoms with E-state index in [0.717, 1.165) is 37.1 Å². The average molecular weight is 261 g/mol. The largest absolute Gasteiger partial charge is 0.393 e. The van der Waals surface area contributed by atoms with E-state index in [4.69, 9.17) is 0 Å². The normalized spacial score (nSPS) is 18.4. The number of aryl methyl sites for hydroxylation is 2. The molecule has 2 rings (SSSR count). The number of carbonyl (C=O) groups excluding carboxylic acids is 1. The van der Waals surface area contributed by atoms with Gasteiger partial charge in [0.25, 0.3) is 5.91 Å². The van der Waals surface area contributed by atoms with Crippen LogP contribution in [-0.4, -0.2) is 35.1 Å². The van der Waals surface area contributed by atoms with Gasteiger partial charge >= 0.3 is 0 Å². The van der Waals surface area contributed by atoms with Gasteiger partial charge in [-0.3, -0.25) is 4.79 Å². The summed E-state index contributed by atoms with van der Waals surface area (Å²) in [6.45, 7) is 7.37. The third-order valence-corrected chi connectivity index (χ3v) is 4.12. The molecule has 104 valence electrons. The van der Waals surface area contributed by atoms with E-state index in [0.29, 0.717) is 5.92 Å². The fraction of sp³-hybridized carbons (Fsp3) is 0.562. The number of aliphatic hydroxyl groups excluding tert-OH is 1. The molecule has 0 aliphatic carbocycles.